The van der Waals surface area contributed by atoms with Gasteiger partial charge in [-0.2, -0.15) is 0 Å². The molecule has 1 aliphatic carbocycles. The van der Waals surface area contributed by atoms with Crippen LogP contribution in [0.3, 0.4) is 0 Å². The topological polar surface area (TPSA) is 47.6 Å². The predicted molar refractivity (Wildman–Crippen MR) is 75.5 cm³/mol. The summed E-state index contributed by atoms with van der Waals surface area (Å²) < 4.78 is 25.1. The molecule has 3 rings (SSSR count). The van der Waals surface area contributed by atoms with Crippen molar-refractivity contribution in [2.75, 3.05) is 13.2 Å². The molecule has 1 saturated heterocycles. The summed E-state index contributed by atoms with van der Waals surface area (Å²) in [5, 5.41) is 2.91. The molecule has 1 aliphatic heterocycles. The van der Waals surface area contributed by atoms with Crippen LogP contribution in [0.2, 0.25) is 0 Å². The van der Waals surface area contributed by atoms with Crippen molar-refractivity contribution in [1.82, 2.24) is 5.32 Å². The van der Waals surface area contributed by atoms with Gasteiger partial charge >= 0.3 is 0 Å². The summed E-state index contributed by atoms with van der Waals surface area (Å²) in [6, 6.07) is 4.71. The smallest absolute Gasteiger partial charge is 0.254 e. The molecular weight excluding hydrogens is 273 g/mol. The number of benzene rings is 1. The van der Waals surface area contributed by atoms with Crippen molar-refractivity contribution in [3.05, 3.63) is 35.1 Å². The Hall–Kier alpha value is -1.46. The normalized spacial score (nSPS) is 21.6. The van der Waals surface area contributed by atoms with E-state index in [0.717, 1.165) is 31.2 Å². The van der Waals surface area contributed by atoms with Crippen LogP contribution in [-0.2, 0) is 9.47 Å². The Balaban J connectivity index is 1.58. The molecule has 1 heterocycles. The standard InChI is InChI=1S/C16H20FNO3/c1-11-2-3-13(14(17)10-11)15(19)18-12-4-6-16(7-5-12)20-8-9-21-16/h2-3,10,12H,4-9H2,1H3,(H,18,19). The second-order valence-electron chi connectivity index (χ2n) is 5.84. The van der Waals surface area contributed by atoms with Crippen LogP contribution in [0.5, 0.6) is 0 Å². The molecule has 2 fully saturated rings. The molecule has 21 heavy (non-hydrogen) atoms. The van der Waals surface area contributed by atoms with Gasteiger partial charge in [0.25, 0.3) is 5.91 Å². The number of ether oxygens (including phenoxy) is 2. The molecule has 1 aromatic rings. The van der Waals surface area contributed by atoms with Gasteiger partial charge in [-0.15, -0.1) is 0 Å². The van der Waals surface area contributed by atoms with Crippen LogP contribution >= 0.6 is 0 Å². The third kappa shape index (κ3) is 3.09. The molecule has 1 aromatic carbocycles. The molecule has 1 N–H and O–H groups in total. The molecule has 0 unspecified atom stereocenters. The van der Waals surface area contributed by atoms with E-state index >= 15 is 0 Å². The van der Waals surface area contributed by atoms with Gasteiger partial charge in [-0.25, -0.2) is 4.39 Å². The Labute approximate surface area is 123 Å². The second kappa shape index (κ2) is 5.73. The van der Waals surface area contributed by atoms with Gasteiger partial charge in [0, 0.05) is 18.9 Å². The fourth-order valence-electron chi connectivity index (χ4n) is 3.06. The number of carbonyl (C=O) groups excluding carboxylic acids is 1. The number of amides is 1. The number of nitrogens with one attached hydrogen (secondary N) is 1. The maximum absolute atomic E-state index is 13.8. The largest absolute Gasteiger partial charge is 0.349 e. The van der Waals surface area contributed by atoms with Crippen molar-refractivity contribution in [3.8, 4) is 0 Å². The third-order valence-electron chi connectivity index (χ3n) is 4.27. The van der Waals surface area contributed by atoms with Crippen molar-refractivity contribution in [3.63, 3.8) is 0 Å². The first kappa shape index (κ1) is 14.5. The lowest BCUT2D eigenvalue weighted by Gasteiger charge is -2.35. The van der Waals surface area contributed by atoms with Gasteiger partial charge in [-0.3, -0.25) is 4.79 Å². The van der Waals surface area contributed by atoms with E-state index in [1.54, 1.807) is 13.0 Å². The predicted octanol–water partition coefficient (Wildman–Crippen LogP) is 2.55. The minimum absolute atomic E-state index is 0.0524. The highest BCUT2D eigenvalue weighted by Gasteiger charge is 2.40. The monoisotopic (exact) mass is 293 g/mol. The van der Waals surface area contributed by atoms with E-state index < -0.39 is 11.6 Å². The molecule has 0 aromatic heterocycles. The highest BCUT2D eigenvalue weighted by Crippen LogP contribution is 2.35. The summed E-state index contributed by atoms with van der Waals surface area (Å²) in [5.41, 5.74) is 0.911. The molecule has 1 saturated carbocycles. The van der Waals surface area contributed by atoms with Crippen molar-refractivity contribution in [2.45, 2.75) is 44.4 Å². The van der Waals surface area contributed by atoms with E-state index in [-0.39, 0.29) is 17.5 Å². The Bertz CT molecular complexity index is 530. The Kier molecular flexibility index (Phi) is 3.95. The molecule has 5 heteroatoms. The summed E-state index contributed by atoms with van der Waals surface area (Å²) >= 11 is 0. The van der Waals surface area contributed by atoms with E-state index in [0.29, 0.717) is 13.2 Å². The molecule has 0 atom stereocenters. The zero-order chi connectivity index (χ0) is 14.9. The molecule has 4 nitrogen and oxygen atoms in total. The van der Waals surface area contributed by atoms with Crippen molar-refractivity contribution in [1.29, 1.82) is 0 Å². The summed E-state index contributed by atoms with van der Waals surface area (Å²) in [6.45, 7) is 3.09. The number of halogens is 1. The van der Waals surface area contributed by atoms with Gasteiger partial charge in [-0.1, -0.05) is 6.07 Å². The van der Waals surface area contributed by atoms with Crippen LogP contribution in [0.15, 0.2) is 18.2 Å². The lowest BCUT2D eigenvalue weighted by Crippen LogP contribution is -2.44. The Morgan fingerprint density at radius 3 is 2.57 bits per heavy atom. The van der Waals surface area contributed by atoms with Gasteiger partial charge in [-0.05, 0) is 37.5 Å². The maximum Gasteiger partial charge on any atom is 0.254 e. The quantitative estimate of drug-likeness (QED) is 0.911. The van der Waals surface area contributed by atoms with Crippen molar-refractivity contribution < 1.29 is 18.7 Å². The average molecular weight is 293 g/mol. The van der Waals surface area contributed by atoms with E-state index in [1.807, 2.05) is 0 Å². The molecule has 0 bridgehead atoms. The van der Waals surface area contributed by atoms with Crippen LogP contribution in [0.1, 0.15) is 41.6 Å². The number of aryl methyl sites for hydroxylation is 1. The minimum Gasteiger partial charge on any atom is -0.349 e. The highest BCUT2D eigenvalue weighted by atomic mass is 19.1. The van der Waals surface area contributed by atoms with Gasteiger partial charge in [0.1, 0.15) is 5.82 Å². The van der Waals surface area contributed by atoms with Gasteiger partial charge in [0.2, 0.25) is 0 Å². The Morgan fingerprint density at radius 1 is 1.29 bits per heavy atom. The van der Waals surface area contributed by atoms with E-state index in [9.17, 15) is 9.18 Å². The lowest BCUT2D eigenvalue weighted by atomic mass is 9.90. The first-order chi connectivity index (χ1) is 10.1. The first-order valence-electron chi connectivity index (χ1n) is 7.43. The van der Waals surface area contributed by atoms with Crippen LogP contribution < -0.4 is 5.32 Å². The number of carbonyl (C=O) groups is 1. The molecule has 0 radical (unpaired) electrons. The minimum atomic E-state index is -0.470. The van der Waals surface area contributed by atoms with E-state index in [1.165, 1.54) is 12.1 Å². The van der Waals surface area contributed by atoms with Gasteiger partial charge in [0.15, 0.2) is 5.79 Å². The molecule has 1 spiro atoms. The summed E-state index contributed by atoms with van der Waals surface area (Å²) in [4.78, 5) is 12.1. The van der Waals surface area contributed by atoms with Crippen LogP contribution in [0.4, 0.5) is 4.39 Å². The van der Waals surface area contributed by atoms with Crippen LogP contribution in [-0.4, -0.2) is 30.9 Å². The maximum atomic E-state index is 13.8. The van der Waals surface area contributed by atoms with Crippen molar-refractivity contribution in [2.24, 2.45) is 0 Å². The van der Waals surface area contributed by atoms with Crippen LogP contribution in [0.25, 0.3) is 0 Å². The lowest BCUT2D eigenvalue weighted by molar-refractivity contribution is -0.179. The second-order valence-corrected chi connectivity index (χ2v) is 5.84. The fourth-order valence-corrected chi connectivity index (χ4v) is 3.06. The first-order valence-corrected chi connectivity index (χ1v) is 7.43. The summed E-state index contributed by atoms with van der Waals surface area (Å²) in [5.74, 6) is -1.25. The summed E-state index contributed by atoms with van der Waals surface area (Å²) in [6.07, 6.45) is 3.13. The molecule has 2 aliphatic rings. The average Bonchev–Trinajstić information content (AvgIpc) is 2.90. The van der Waals surface area contributed by atoms with Crippen molar-refractivity contribution >= 4 is 5.91 Å². The highest BCUT2D eigenvalue weighted by molar-refractivity contribution is 5.94. The third-order valence-corrected chi connectivity index (χ3v) is 4.27. The van der Waals surface area contributed by atoms with Gasteiger partial charge in [0.05, 0.1) is 18.8 Å². The molecule has 1 amide bonds. The van der Waals surface area contributed by atoms with E-state index in [4.69, 9.17) is 9.47 Å². The summed E-state index contributed by atoms with van der Waals surface area (Å²) in [7, 11) is 0. The van der Waals surface area contributed by atoms with Crippen LogP contribution in [0, 0.1) is 12.7 Å². The Morgan fingerprint density at radius 2 is 1.95 bits per heavy atom. The number of rotatable bonds is 2. The zero-order valence-corrected chi connectivity index (χ0v) is 12.2. The molecule has 114 valence electrons. The van der Waals surface area contributed by atoms with Gasteiger partial charge < -0.3 is 14.8 Å². The zero-order valence-electron chi connectivity index (χ0n) is 12.2. The molecular formula is C16H20FNO3. The van der Waals surface area contributed by atoms with E-state index in [2.05, 4.69) is 5.32 Å². The fraction of sp³-hybridized carbons (Fsp3) is 0.562. The number of hydrogen-bond donors (Lipinski definition) is 1. The number of hydrogen-bond acceptors (Lipinski definition) is 3. The SMILES string of the molecule is Cc1ccc(C(=O)NC2CCC3(CC2)OCCO3)c(F)c1.